The van der Waals surface area contributed by atoms with Crippen LogP contribution in [0.15, 0.2) is 27.8 Å². The molecule has 0 aliphatic carbocycles. The highest BCUT2D eigenvalue weighted by Crippen LogP contribution is 2.27. The van der Waals surface area contributed by atoms with Crippen LogP contribution < -0.4 is 11.2 Å². The highest BCUT2D eigenvalue weighted by Gasteiger charge is 2.35. The molecular formula is C14H8F4N2O6. The third-order valence-electron chi connectivity index (χ3n) is 3.40. The maximum atomic E-state index is 14.2. The number of carbonyl (C=O) groups is 2. The fraction of sp³-hybridized carbons (Fsp3) is 0.143. The Hall–Kier alpha value is -3.44. The van der Waals surface area contributed by atoms with E-state index in [1.165, 1.54) is 0 Å². The third kappa shape index (κ3) is 3.08. The van der Waals surface area contributed by atoms with E-state index >= 15 is 0 Å². The Balaban J connectivity index is 2.90. The van der Waals surface area contributed by atoms with Crippen LogP contribution in [0.5, 0.6) is 0 Å². The number of nitrogens with zero attached hydrogens (tertiary/aromatic N) is 2. The van der Waals surface area contributed by atoms with Crippen LogP contribution in [0.3, 0.4) is 0 Å². The summed E-state index contributed by atoms with van der Waals surface area (Å²) in [5.74, 6) is -5.08. The van der Waals surface area contributed by atoms with Gasteiger partial charge in [-0.05, 0) is 12.1 Å². The number of aromatic carboxylic acids is 2. The van der Waals surface area contributed by atoms with Crippen LogP contribution in [0, 0.1) is 5.82 Å². The van der Waals surface area contributed by atoms with Crippen LogP contribution in [0.25, 0.3) is 5.69 Å². The predicted molar refractivity (Wildman–Crippen MR) is 76.2 cm³/mol. The second-order valence-corrected chi connectivity index (χ2v) is 5.00. The molecule has 0 saturated heterocycles. The molecule has 26 heavy (non-hydrogen) atoms. The summed E-state index contributed by atoms with van der Waals surface area (Å²) in [7, 11) is 0.683. The molecule has 12 heteroatoms. The summed E-state index contributed by atoms with van der Waals surface area (Å²) in [5, 5.41) is 17.9. The molecule has 1 aromatic heterocycles. The van der Waals surface area contributed by atoms with Gasteiger partial charge in [0.2, 0.25) is 0 Å². The SMILES string of the molecule is Cn1c(C(F)(F)F)cc(=O)n(-c2cc(C(=O)O)c(C(=O)O)cc2F)c1=O. The van der Waals surface area contributed by atoms with Gasteiger partial charge >= 0.3 is 23.8 Å². The van der Waals surface area contributed by atoms with Gasteiger partial charge in [-0.3, -0.25) is 9.36 Å². The minimum atomic E-state index is -5.04. The maximum Gasteiger partial charge on any atom is 0.431 e. The lowest BCUT2D eigenvalue weighted by atomic mass is 10.1. The number of carboxylic acid groups (broad SMARTS) is 2. The summed E-state index contributed by atoms with van der Waals surface area (Å²) in [6, 6.07) is 0.675. The normalized spacial score (nSPS) is 11.4. The number of carboxylic acids is 2. The number of alkyl halides is 3. The summed E-state index contributed by atoms with van der Waals surface area (Å²) in [4.78, 5) is 46.2. The van der Waals surface area contributed by atoms with E-state index in [4.69, 9.17) is 10.2 Å². The summed E-state index contributed by atoms with van der Waals surface area (Å²) in [5.41, 5.74) is -7.67. The van der Waals surface area contributed by atoms with E-state index < -0.39 is 57.7 Å². The monoisotopic (exact) mass is 376 g/mol. The molecule has 0 fully saturated rings. The molecule has 0 aliphatic heterocycles. The van der Waals surface area contributed by atoms with Crippen molar-refractivity contribution in [3.8, 4) is 5.69 Å². The van der Waals surface area contributed by atoms with Gasteiger partial charge in [-0.1, -0.05) is 0 Å². The minimum absolute atomic E-state index is 0.0252. The predicted octanol–water partition coefficient (Wildman–Crippen LogP) is 1.09. The van der Waals surface area contributed by atoms with Gasteiger partial charge in [0.1, 0.15) is 11.5 Å². The van der Waals surface area contributed by atoms with E-state index in [-0.39, 0.29) is 21.3 Å². The van der Waals surface area contributed by atoms with Crippen molar-refractivity contribution in [3.63, 3.8) is 0 Å². The second-order valence-electron chi connectivity index (χ2n) is 5.00. The Morgan fingerprint density at radius 3 is 1.96 bits per heavy atom. The highest BCUT2D eigenvalue weighted by molar-refractivity contribution is 6.02. The van der Waals surface area contributed by atoms with Gasteiger partial charge in [-0.25, -0.2) is 23.3 Å². The summed E-state index contributed by atoms with van der Waals surface area (Å²) >= 11 is 0. The molecule has 0 amide bonds. The van der Waals surface area contributed by atoms with Gasteiger partial charge in [0.15, 0.2) is 0 Å². The first-order valence-electron chi connectivity index (χ1n) is 6.57. The zero-order chi connectivity index (χ0) is 20.0. The van der Waals surface area contributed by atoms with Crippen molar-refractivity contribution in [2.75, 3.05) is 0 Å². The number of benzene rings is 1. The first-order valence-corrected chi connectivity index (χ1v) is 6.57. The number of hydrogen-bond donors (Lipinski definition) is 2. The fourth-order valence-corrected chi connectivity index (χ4v) is 2.21. The van der Waals surface area contributed by atoms with Crippen LogP contribution in [0.4, 0.5) is 17.6 Å². The quantitative estimate of drug-likeness (QED) is 0.775. The largest absolute Gasteiger partial charge is 0.478 e. The Morgan fingerprint density at radius 2 is 1.50 bits per heavy atom. The average molecular weight is 376 g/mol. The number of rotatable bonds is 3. The number of aromatic nitrogens is 2. The van der Waals surface area contributed by atoms with Gasteiger partial charge in [-0.2, -0.15) is 13.2 Å². The van der Waals surface area contributed by atoms with Crippen molar-refractivity contribution in [2.24, 2.45) is 7.05 Å². The maximum absolute atomic E-state index is 14.2. The van der Waals surface area contributed by atoms with E-state index in [0.717, 1.165) is 0 Å². The lowest BCUT2D eigenvalue weighted by molar-refractivity contribution is -0.144. The van der Waals surface area contributed by atoms with Gasteiger partial charge in [0.05, 0.1) is 16.8 Å². The Labute approximate surface area is 140 Å². The molecule has 0 spiro atoms. The molecule has 0 aliphatic rings. The summed E-state index contributed by atoms with van der Waals surface area (Å²) in [6.07, 6.45) is -5.04. The zero-order valence-electron chi connectivity index (χ0n) is 12.7. The Kier molecular flexibility index (Phi) is 4.45. The first kappa shape index (κ1) is 18.9. The molecule has 138 valence electrons. The first-order chi connectivity index (χ1) is 11.9. The Morgan fingerprint density at radius 1 is 1.00 bits per heavy atom. The molecule has 8 nitrogen and oxygen atoms in total. The third-order valence-corrected chi connectivity index (χ3v) is 3.40. The standard InChI is InChI=1S/C14H8F4N2O6/c1-19-9(14(16,17)18)4-10(21)20(13(19)26)8-3-6(12(24)25)5(11(22)23)2-7(8)15/h2-4H,1H3,(H,22,23)(H,24,25). The van der Waals surface area contributed by atoms with Crippen molar-refractivity contribution in [3.05, 3.63) is 61.7 Å². The summed E-state index contributed by atoms with van der Waals surface area (Å²) in [6.45, 7) is 0. The van der Waals surface area contributed by atoms with E-state index in [1.54, 1.807) is 0 Å². The van der Waals surface area contributed by atoms with Gasteiger partial charge in [0.25, 0.3) is 5.56 Å². The molecule has 1 heterocycles. The van der Waals surface area contributed by atoms with Gasteiger partial charge in [-0.15, -0.1) is 0 Å². The van der Waals surface area contributed by atoms with Crippen LogP contribution in [0.2, 0.25) is 0 Å². The summed E-state index contributed by atoms with van der Waals surface area (Å²) < 4.78 is 52.6. The lowest BCUT2D eigenvalue weighted by Gasteiger charge is -2.15. The molecule has 1 aromatic carbocycles. The minimum Gasteiger partial charge on any atom is -0.478 e. The van der Waals surface area contributed by atoms with Crippen LogP contribution in [0.1, 0.15) is 26.4 Å². The van der Waals surface area contributed by atoms with Gasteiger partial charge < -0.3 is 10.2 Å². The van der Waals surface area contributed by atoms with Crippen molar-refractivity contribution in [1.82, 2.24) is 9.13 Å². The van der Waals surface area contributed by atoms with E-state index in [0.29, 0.717) is 13.1 Å². The topological polar surface area (TPSA) is 119 Å². The molecule has 2 aromatic rings. The van der Waals surface area contributed by atoms with Crippen molar-refractivity contribution >= 4 is 11.9 Å². The molecule has 0 saturated carbocycles. The highest BCUT2D eigenvalue weighted by atomic mass is 19.4. The van der Waals surface area contributed by atoms with E-state index in [9.17, 15) is 36.7 Å². The van der Waals surface area contributed by atoms with E-state index in [2.05, 4.69) is 0 Å². The lowest BCUT2D eigenvalue weighted by Crippen LogP contribution is -2.41. The van der Waals surface area contributed by atoms with Gasteiger partial charge in [0, 0.05) is 13.1 Å². The van der Waals surface area contributed by atoms with Crippen molar-refractivity contribution < 1.29 is 37.4 Å². The zero-order valence-corrected chi connectivity index (χ0v) is 12.7. The van der Waals surface area contributed by atoms with Crippen molar-refractivity contribution in [2.45, 2.75) is 6.18 Å². The average Bonchev–Trinajstić information content (AvgIpc) is 2.50. The second kappa shape index (κ2) is 6.13. The number of halogens is 4. The molecule has 0 unspecified atom stereocenters. The van der Waals surface area contributed by atoms with E-state index in [1.807, 2.05) is 0 Å². The fourth-order valence-electron chi connectivity index (χ4n) is 2.21. The number of hydrogen-bond acceptors (Lipinski definition) is 4. The molecule has 2 N–H and O–H groups in total. The van der Waals surface area contributed by atoms with Crippen LogP contribution in [-0.2, 0) is 13.2 Å². The van der Waals surface area contributed by atoms with Crippen molar-refractivity contribution in [1.29, 1.82) is 0 Å². The molecule has 0 bridgehead atoms. The smallest absolute Gasteiger partial charge is 0.431 e. The molecule has 0 atom stereocenters. The van der Waals surface area contributed by atoms with Crippen LogP contribution >= 0.6 is 0 Å². The molecule has 0 radical (unpaired) electrons. The van der Waals surface area contributed by atoms with Crippen LogP contribution in [-0.4, -0.2) is 31.3 Å². The Bertz CT molecular complexity index is 1050. The molecular weight excluding hydrogens is 368 g/mol. The molecule has 2 rings (SSSR count).